The molecule has 0 unspecified atom stereocenters. The molecule has 0 spiro atoms. The minimum Gasteiger partial charge on any atom is -0.289 e. The number of hydrogen-bond acceptors (Lipinski definition) is 1. The largest absolute Gasteiger partial charge is 0.289 e. The van der Waals surface area contributed by atoms with Crippen molar-refractivity contribution in [1.82, 2.24) is 0 Å². The monoisotopic (exact) mass is 346 g/mol. The molecule has 1 nitrogen and oxygen atoms in total. The molecule has 128 valence electrons. The Hall–Kier alpha value is -2.69. The first-order valence-electron chi connectivity index (χ1n) is 7.81. The number of carbonyl (C=O) groups is 1. The Kier molecular flexibility index (Phi) is 4.83. The molecule has 5 heteroatoms. The Labute approximate surface area is 142 Å². The van der Waals surface area contributed by atoms with E-state index >= 15 is 0 Å². The third-order valence-corrected chi connectivity index (χ3v) is 4.11. The fourth-order valence-corrected chi connectivity index (χ4v) is 2.82. The van der Waals surface area contributed by atoms with E-state index in [1.807, 2.05) is 0 Å². The lowest BCUT2D eigenvalue weighted by Crippen LogP contribution is -2.13. The number of carbonyl (C=O) groups excluding carboxylic acids is 1. The van der Waals surface area contributed by atoms with E-state index in [-0.39, 0.29) is 22.3 Å². The van der Waals surface area contributed by atoms with Crippen molar-refractivity contribution < 1.29 is 22.4 Å². The molecule has 2 aromatic rings. The fraction of sp³-hybridized carbons (Fsp3) is 0.150. The van der Waals surface area contributed by atoms with Crippen LogP contribution in [0.15, 0.2) is 47.5 Å². The molecule has 2 aromatic carbocycles. The first-order chi connectivity index (χ1) is 12.0. The molecule has 3 rings (SSSR count). The molecule has 1 aliphatic rings. The topological polar surface area (TPSA) is 17.1 Å². The maximum atomic E-state index is 13.8. The summed E-state index contributed by atoms with van der Waals surface area (Å²) in [6.07, 6.45) is 3.61. The number of halogens is 4. The summed E-state index contributed by atoms with van der Waals surface area (Å²) in [6, 6.07) is 6.90. The molecule has 25 heavy (non-hydrogen) atoms. The van der Waals surface area contributed by atoms with Gasteiger partial charge in [-0.05, 0) is 55.7 Å². The van der Waals surface area contributed by atoms with Gasteiger partial charge in [-0.2, -0.15) is 0 Å². The summed E-state index contributed by atoms with van der Waals surface area (Å²) in [5, 5.41) is 0. The Morgan fingerprint density at radius 2 is 1.04 bits per heavy atom. The van der Waals surface area contributed by atoms with Crippen LogP contribution in [-0.2, 0) is 4.79 Å². The maximum absolute atomic E-state index is 13.8. The average Bonchev–Trinajstić information content (AvgIpc) is 2.57. The molecule has 0 heterocycles. The first-order valence-corrected chi connectivity index (χ1v) is 7.81. The molecular formula is C20H14F4O. The van der Waals surface area contributed by atoms with Gasteiger partial charge in [0.25, 0.3) is 0 Å². The molecule has 1 fully saturated rings. The predicted octanol–water partition coefficient (Wildman–Crippen LogP) is 5.46. The zero-order chi connectivity index (χ0) is 18.0. The van der Waals surface area contributed by atoms with Crippen LogP contribution in [0, 0.1) is 23.3 Å². The molecule has 0 saturated heterocycles. The van der Waals surface area contributed by atoms with Crippen molar-refractivity contribution in [3.63, 3.8) is 0 Å². The van der Waals surface area contributed by atoms with Gasteiger partial charge in [-0.1, -0.05) is 12.1 Å². The Morgan fingerprint density at radius 3 is 1.40 bits per heavy atom. The highest BCUT2D eigenvalue weighted by Crippen LogP contribution is 2.30. The molecule has 1 saturated carbocycles. The second-order valence-corrected chi connectivity index (χ2v) is 5.79. The standard InChI is InChI=1S/C20H14F4O/c21-16-6-2-7-17(22)14(16)10-12-4-1-5-13(20(12)25)11-15-18(23)8-3-9-19(15)24/h2-3,6-11H,1,4-5H2/b12-10+,13-11+. The lowest BCUT2D eigenvalue weighted by Gasteiger charge is -2.17. The summed E-state index contributed by atoms with van der Waals surface area (Å²) in [5.74, 6) is -3.52. The smallest absolute Gasteiger partial charge is 0.185 e. The summed E-state index contributed by atoms with van der Waals surface area (Å²) in [6.45, 7) is 0. The van der Waals surface area contributed by atoms with Crippen LogP contribution in [0.3, 0.4) is 0 Å². The van der Waals surface area contributed by atoms with E-state index in [9.17, 15) is 22.4 Å². The van der Waals surface area contributed by atoms with E-state index in [2.05, 4.69) is 0 Å². The number of benzene rings is 2. The van der Waals surface area contributed by atoms with Crippen molar-refractivity contribution in [1.29, 1.82) is 0 Å². The van der Waals surface area contributed by atoms with Crippen LogP contribution >= 0.6 is 0 Å². The summed E-state index contributed by atoms with van der Waals surface area (Å²) in [7, 11) is 0. The van der Waals surface area contributed by atoms with Crippen molar-refractivity contribution in [2.75, 3.05) is 0 Å². The van der Waals surface area contributed by atoms with Crippen molar-refractivity contribution in [2.45, 2.75) is 19.3 Å². The lowest BCUT2D eigenvalue weighted by molar-refractivity contribution is -0.112. The van der Waals surface area contributed by atoms with Gasteiger partial charge in [0.2, 0.25) is 0 Å². The summed E-state index contributed by atoms with van der Waals surface area (Å²) in [5.41, 5.74) is -0.134. The second-order valence-electron chi connectivity index (χ2n) is 5.79. The van der Waals surface area contributed by atoms with Crippen LogP contribution in [-0.4, -0.2) is 5.78 Å². The molecule has 0 aromatic heterocycles. The van der Waals surface area contributed by atoms with Gasteiger partial charge in [-0.15, -0.1) is 0 Å². The van der Waals surface area contributed by atoms with Crippen molar-refractivity contribution >= 4 is 17.9 Å². The molecule has 0 N–H and O–H groups in total. The van der Waals surface area contributed by atoms with Crippen molar-refractivity contribution in [3.8, 4) is 0 Å². The quantitative estimate of drug-likeness (QED) is 0.521. The number of rotatable bonds is 2. The molecule has 0 atom stereocenters. The minimum atomic E-state index is -0.767. The van der Waals surface area contributed by atoms with Gasteiger partial charge < -0.3 is 0 Å². The van der Waals surface area contributed by atoms with E-state index in [4.69, 9.17) is 0 Å². The van der Waals surface area contributed by atoms with Crippen LogP contribution in [0.5, 0.6) is 0 Å². The third-order valence-electron chi connectivity index (χ3n) is 4.11. The van der Waals surface area contributed by atoms with Crippen LogP contribution in [0.1, 0.15) is 30.4 Å². The van der Waals surface area contributed by atoms with Gasteiger partial charge in [0.15, 0.2) is 5.78 Å². The van der Waals surface area contributed by atoms with Crippen LogP contribution < -0.4 is 0 Å². The van der Waals surface area contributed by atoms with Crippen molar-refractivity contribution in [2.24, 2.45) is 0 Å². The molecule has 0 aliphatic heterocycles. The van der Waals surface area contributed by atoms with Crippen LogP contribution in [0.4, 0.5) is 17.6 Å². The number of ketones is 1. The Balaban J connectivity index is 1.99. The molecule has 0 radical (unpaired) electrons. The van der Waals surface area contributed by atoms with Crippen molar-refractivity contribution in [3.05, 3.63) is 81.9 Å². The second kappa shape index (κ2) is 7.05. The van der Waals surface area contributed by atoms with Crippen LogP contribution in [0.25, 0.3) is 12.2 Å². The molecule has 1 aliphatic carbocycles. The van der Waals surface area contributed by atoms with Gasteiger partial charge in [-0.3, -0.25) is 4.79 Å². The van der Waals surface area contributed by atoms with E-state index in [0.29, 0.717) is 19.3 Å². The third kappa shape index (κ3) is 3.55. The minimum absolute atomic E-state index is 0.221. The first kappa shape index (κ1) is 17.1. The number of Topliss-reactive ketones (excluding diaryl/α,β-unsaturated/α-hetero) is 1. The van der Waals surface area contributed by atoms with E-state index < -0.39 is 29.1 Å². The zero-order valence-electron chi connectivity index (χ0n) is 13.2. The van der Waals surface area contributed by atoms with Gasteiger partial charge in [-0.25, -0.2) is 17.6 Å². The van der Waals surface area contributed by atoms with Crippen LogP contribution in [0.2, 0.25) is 0 Å². The molecule has 0 bridgehead atoms. The highest BCUT2D eigenvalue weighted by atomic mass is 19.1. The Bertz CT molecular complexity index is 785. The van der Waals surface area contributed by atoms with E-state index in [1.165, 1.54) is 24.3 Å². The predicted molar refractivity (Wildman–Crippen MR) is 87.5 cm³/mol. The average molecular weight is 346 g/mol. The lowest BCUT2D eigenvalue weighted by atomic mass is 9.86. The van der Waals surface area contributed by atoms with E-state index in [1.54, 1.807) is 0 Å². The summed E-state index contributed by atoms with van der Waals surface area (Å²) in [4.78, 5) is 12.6. The number of allylic oxidation sites excluding steroid dienone is 2. The van der Waals surface area contributed by atoms with Gasteiger partial charge >= 0.3 is 0 Å². The van der Waals surface area contributed by atoms with E-state index in [0.717, 1.165) is 24.3 Å². The van der Waals surface area contributed by atoms with Gasteiger partial charge in [0, 0.05) is 22.3 Å². The molecule has 0 amide bonds. The number of hydrogen-bond donors (Lipinski definition) is 0. The highest BCUT2D eigenvalue weighted by molar-refractivity contribution is 6.14. The Morgan fingerprint density at radius 1 is 0.680 bits per heavy atom. The van der Waals surface area contributed by atoms with Gasteiger partial charge in [0.05, 0.1) is 0 Å². The normalized spacial score (nSPS) is 18.2. The fourth-order valence-electron chi connectivity index (χ4n) is 2.82. The van der Waals surface area contributed by atoms with Gasteiger partial charge in [0.1, 0.15) is 23.3 Å². The highest BCUT2D eigenvalue weighted by Gasteiger charge is 2.22. The molecular weight excluding hydrogens is 332 g/mol. The maximum Gasteiger partial charge on any atom is 0.185 e. The zero-order valence-corrected chi connectivity index (χ0v) is 13.2. The summed E-state index contributed by atoms with van der Waals surface area (Å²) < 4.78 is 55.1. The summed E-state index contributed by atoms with van der Waals surface area (Å²) >= 11 is 0. The SMILES string of the molecule is O=C1/C(=C/c2c(F)cccc2F)CCC/C1=C\c1c(F)cccc1F.